The second-order valence-corrected chi connectivity index (χ2v) is 9.57. The number of hydrogen-bond donors (Lipinski definition) is 2. The standard InChI is InChI=1S/C26H34N4O5/c1-15(2)30-22-7-6-18(12-27-23(17(4)31)26(33)35-20-8-9-34-14-20)11-21(22)28-24(30)19-10-16(3)25(32)29(5)13-19/h6-7,10-11,13,15,17,20,23,27,31H,8-9,12,14H2,1-5H3/t17-,20-,23+/m1/s1. The summed E-state index contributed by atoms with van der Waals surface area (Å²) in [4.78, 5) is 29.7. The van der Waals surface area contributed by atoms with Crippen LogP contribution in [0.5, 0.6) is 0 Å². The Labute approximate surface area is 204 Å². The van der Waals surface area contributed by atoms with Gasteiger partial charge in [0.2, 0.25) is 0 Å². The number of aryl methyl sites for hydroxylation is 2. The third kappa shape index (κ3) is 5.32. The van der Waals surface area contributed by atoms with Crippen molar-refractivity contribution in [2.75, 3.05) is 13.2 Å². The lowest BCUT2D eigenvalue weighted by molar-refractivity contribution is -0.154. The largest absolute Gasteiger partial charge is 0.459 e. The summed E-state index contributed by atoms with van der Waals surface area (Å²) in [5.41, 5.74) is 4.24. The fourth-order valence-corrected chi connectivity index (χ4v) is 4.50. The molecule has 2 aromatic heterocycles. The normalized spacial score (nSPS) is 17.7. The average Bonchev–Trinajstić information content (AvgIpc) is 3.44. The molecule has 0 spiro atoms. The lowest BCUT2D eigenvalue weighted by atomic mass is 10.1. The van der Waals surface area contributed by atoms with Crippen molar-refractivity contribution in [3.05, 3.63) is 51.9 Å². The molecule has 3 heterocycles. The molecule has 188 valence electrons. The fourth-order valence-electron chi connectivity index (χ4n) is 4.50. The lowest BCUT2D eigenvalue weighted by Gasteiger charge is -2.22. The molecular formula is C26H34N4O5. The van der Waals surface area contributed by atoms with E-state index in [2.05, 4.69) is 23.7 Å². The Morgan fingerprint density at radius 3 is 2.71 bits per heavy atom. The molecule has 0 radical (unpaired) electrons. The van der Waals surface area contributed by atoms with E-state index in [9.17, 15) is 14.7 Å². The zero-order valence-corrected chi connectivity index (χ0v) is 20.9. The smallest absolute Gasteiger partial charge is 0.326 e. The number of aromatic nitrogens is 3. The molecule has 4 rings (SSSR count). The summed E-state index contributed by atoms with van der Waals surface area (Å²) in [6, 6.07) is 7.17. The van der Waals surface area contributed by atoms with E-state index in [1.54, 1.807) is 25.5 Å². The van der Waals surface area contributed by atoms with E-state index in [0.29, 0.717) is 31.7 Å². The quantitative estimate of drug-likeness (QED) is 0.475. The van der Waals surface area contributed by atoms with Gasteiger partial charge < -0.3 is 23.7 Å². The Hall–Kier alpha value is -3.01. The molecule has 35 heavy (non-hydrogen) atoms. The summed E-state index contributed by atoms with van der Waals surface area (Å²) in [5, 5.41) is 13.3. The number of aliphatic hydroxyl groups excluding tert-OH is 1. The first-order valence-corrected chi connectivity index (χ1v) is 12.0. The van der Waals surface area contributed by atoms with E-state index >= 15 is 0 Å². The molecular weight excluding hydrogens is 448 g/mol. The highest BCUT2D eigenvalue weighted by atomic mass is 16.6. The van der Waals surface area contributed by atoms with Crippen LogP contribution in [0.1, 0.15) is 44.4 Å². The van der Waals surface area contributed by atoms with Gasteiger partial charge in [-0.05, 0) is 51.5 Å². The summed E-state index contributed by atoms with van der Waals surface area (Å²) in [5.74, 6) is 0.316. The van der Waals surface area contributed by atoms with Gasteiger partial charge in [0.05, 0.1) is 30.4 Å². The van der Waals surface area contributed by atoms with Crippen LogP contribution in [-0.4, -0.2) is 56.7 Å². The monoisotopic (exact) mass is 482 g/mol. The van der Waals surface area contributed by atoms with E-state index in [1.165, 1.54) is 0 Å². The minimum Gasteiger partial charge on any atom is -0.459 e. The molecule has 0 bridgehead atoms. The topological polar surface area (TPSA) is 108 Å². The van der Waals surface area contributed by atoms with Crippen molar-refractivity contribution in [3.8, 4) is 11.4 Å². The van der Waals surface area contributed by atoms with Crippen LogP contribution in [0.2, 0.25) is 0 Å². The van der Waals surface area contributed by atoms with E-state index in [-0.39, 0.29) is 17.7 Å². The molecule has 1 aromatic carbocycles. The fraction of sp³-hybridized carbons (Fsp3) is 0.500. The number of pyridine rings is 1. The van der Waals surface area contributed by atoms with Gasteiger partial charge in [-0.1, -0.05) is 6.07 Å². The SMILES string of the molecule is Cc1cc(-c2nc3cc(CN[C@H](C(=O)O[C@@H]4CCOC4)[C@@H](C)O)ccc3n2C(C)C)cn(C)c1=O. The summed E-state index contributed by atoms with van der Waals surface area (Å²) in [6.45, 7) is 8.91. The van der Waals surface area contributed by atoms with Crippen LogP contribution >= 0.6 is 0 Å². The predicted octanol–water partition coefficient (Wildman–Crippen LogP) is 2.46. The second kappa shape index (κ2) is 10.3. The van der Waals surface area contributed by atoms with Gasteiger partial charge in [0.15, 0.2) is 0 Å². The van der Waals surface area contributed by atoms with Crippen LogP contribution in [0.25, 0.3) is 22.4 Å². The third-order valence-corrected chi connectivity index (χ3v) is 6.32. The van der Waals surface area contributed by atoms with E-state index in [1.807, 2.05) is 30.5 Å². The highest BCUT2D eigenvalue weighted by molar-refractivity contribution is 5.81. The molecule has 1 aliphatic heterocycles. The van der Waals surface area contributed by atoms with E-state index < -0.39 is 18.1 Å². The number of aliphatic hydroxyl groups is 1. The minimum atomic E-state index is -0.909. The Balaban J connectivity index is 1.59. The van der Waals surface area contributed by atoms with Gasteiger partial charge in [0, 0.05) is 43.4 Å². The summed E-state index contributed by atoms with van der Waals surface area (Å²) < 4.78 is 14.5. The maximum atomic E-state index is 12.6. The molecule has 0 unspecified atom stereocenters. The van der Waals surface area contributed by atoms with Crippen LogP contribution < -0.4 is 10.9 Å². The molecule has 9 nitrogen and oxygen atoms in total. The Kier molecular flexibility index (Phi) is 7.39. The molecule has 2 N–H and O–H groups in total. The molecule has 9 heteroatoms. The predicted molar refractivity (Wildman–Crippen MR) is 133 cm³/mol. The number of ether oxygens (including phenoxy) is 2. The molecule has 1 fully saturated rings. The first kappa shape index (κ1) is 25.1. The number of imidazole rings is 1. The first-order valence-electron chi connectivity index (χ1n) is 12.0. The molecule has 3 aromatic rings. The number of hydrogen-bond acceptors (Lipinski definition) is 7. The van der Waals surface area contributed by atoms with Gasteiger partial charge >= 0.3 is 5.97 Å². The zero-order chi connectivity index (χ0) is 25.3. The van der Waals surface area contributed by atoms with Crippen molar-refractivity contribution in [2.24, 2.45) is 7.05 Å². The summed E-state index contributed by atoms with van der Waals surface area (Å²) >= 11 is 0. The van der Waals surface area contributed by atoms with Crippen molar-refractivity contribution in [2.45, 2.75) is 65.0 Å². The Bertz CT molecular complexity index is 1240. The van der Waals surface area contributed by atoms with Crippen LogP contribution in [0.15, 0.2) is 35.3 Å². The van der Waals surface area contributed by atoms with Gasteiger partial charge in [0.1, 0.15) is 18.0 Å². The number of rotatable bonds is 8. The van der Waals surface area contributed by atoms with Gasteiger partial charge in [0.25, 0.3) is 5.56 Å². The number of nitrogens with zero attached hydrogens (tertiary/aromatic N) is 3. The third-order valence-electron chi connectivity index (χ3n) is 6.32. The molecule has 0 amide bonds. The number of esters is 1. The summed E-state index contributed by atoms with van der Waals surface area (Å²) in [7, 11) is 1.74. The van der Waals surface area contributed by atoms with Gasteiger partial charge in [-0.3, -0.25) is 14.9 Å². The minimum absolute atomic E-state index is 0.0269. The van der Waals surface area contributed by atoms with Crippen molar-refractivity contribution >= 4 is 17.0 Å². The molecule has 0 saturated carbocycles. The second-order valence-electron chi connectivity index (χ2n) is 9.57. The van der Waals surface area contributed by atoms with E-state index in [0.717, 1.165) is 28.0 Å². The Morgan fingerprint density at radius 2 is 2.09 bits per heavy atom. The highest BCUT2D eigenvalue weighted by Crippen LogP contribution is 2.29. The van der Waals surface area contributed by atoms with Crippen LogP contribution in [0.3, 0.4) is 0 Å². The zero-order valence-electron chi connectivity index (χ0n) is 20.9. The van der Waals surface area contributed by atoms with Crippen molar-refractivity contribution in [1.29, 1.82) is 0 Å². The highest BCUT2D eigenvalue weighted by Gasteiger charge is 2.29. The Morgan fingerprint density at radius 1 is 1.31 bits per heavy atom. The van der Waals surface area contributed by atoms with Crippen LogP contribution in [0, 0.1) is 6.92 Å². The number of fused-ring (bicyclic) bond motifs is 1. The molecule has 1 saturated heterocycles. The van der Waals surface area contributed by atoms with Crippen LogP contribution in [0.4, 0.5) is 0 Å². The van der Waals surface area contributed by atoms with Gasteiger partial charge in [-0.2, -0.15) is 0 Å². The maximum Gasteiger partial charge on any atom is 0.326 e. The van der Waals surface area contributed by atoms with E-state index in [4.69, 9.17) is 14.5 Å². The number of nitrogens with one attached hydrogen (secondary N) is 1. The average molecular weight is 483 g/mol. The van der Waals surface area contributed by atoms with Crippen molar-refractivity contribution < 1.29 is 19.4 Å². The van der Waals surface area contributed by atoms with Gasteiger partial charge in [-0.15, -0.1) is 0 Å². The number of carbonyl (C=O) groups excluding carboxylic acids is 1. The summed E-state index contributed by atoms with van der Waals surface area (Å²) in [6.07, 6.45) is 1.31. The maximum absolute atomic E-state index is 12.6. The lowest BCUT2D eigenvalue weighted by Crippen LogP contribution is -2.46. The number of carbonyl (C=O) groups is 1. The van der Waals surface area contributed by atoms with Crippen molar-refractivity contribution in [1.82, 2.24) is 19.4 Å². The molecule has 0 aliphatic carbocycles. The van der Waals surface area contributed by atoms with Gasteiger partial charge in [-0.25, -0.2) is 4.98 Å². The first-order chi connectivity index (χ1) is 16.7. The van der Waals surface area contributed by atoms with Crippen molar-refractivity contribution in [3.63, 3.8) is 0 Å². The molecule has 3 atom stereocenters. The molecule has 1 aliphatic rings. The van der Waals surface area contributed by atoms with Crippen LogP contribution in [-0.2, 0) is 27.9 Å². The number of benzene rings is 1.